The van der Waals surface area contributed by atoms with E-state index in [4.69, 9.17) is 5.73 Å². The summed E-state index contributed by atoms with van der Waals surface area (Å²) < 4.78 is 0. The quantitative estimate of drug-likeness (QED) is 0.552. The predicted octanol–water partition coefficient (Wildman–Crippen LogP) is 4.93. The molecule has 1 aliphatic heterocycles. The number of hydrogen-bond acceptors (Lipinski definition) is 4. The second kappa shape index (κ2) is 10.8. The Bertz CT molecular complexity index is 960. The van der Waals surface area contributed by atoms with Gasteiger partial charge in [-0.3, -0.25) is 0 Å². The molecule has 1 fully saturated rings. The third-order valence-corrected chi connectivity index (χ3v) is 6.34. The zero-order valence-electron chi connectivity index (χ0n) is 19.5. The van der Waals surface area contributed by atoms with Crippen molar-refractivity contribution in [1.29, 1.82) is 0 Å². The smallest absolute Gasteiger partial charge is 0.124 e. The molecule has 0 bridgehead atoms. The minimum atomic E-state index is 0.469. The van der Waals surface area contributed by atoms with Crippen molar-refractivity contribution in [2.45, 2.75) is 26.2 Å². The Labute approximate surface area is 193 Å². The van der Waals surface area contributed by atoms with E-state index in [0.29, 0.717) is 11.7 Å². The second-order valence-corrected chi connectivity index (χ2v) is 9.45. The average Bonchev–Trinajstić information content (AvgIpc) is 2.80. The molecular weight excluding hydrogens is 392 g/mol. The topological polar surface area (TPSA) is 45.4 Å². The molecule has 0 saturated carbocycles. The fraction of sp³-hybridized carbons (Fsp3) is 0.393. The lowest BCUT2D eigenvalue weighted by molar-refractivity contribution is 0.117. The standard InChI is InChI=1S/C28H36N4/c1-22(2)20-31-15-17-32(18-16-31)21-26(19-23-7-4-3-5-8-23)24-11-13-25(14-12-24)27-9-6-10-28(29)30-27/h3-14,22,26H,15-21H2,1-2H3,(H2,29,30). The molecule has 4 rings (SSSR count). The molecule has 1 atom stereocenters. The van der Waals surface area contributed by atoms with E-state index in [9.17, 15) is 0 Å². The molecule has 3 aromatic rings. The van der Waals surface area contributed by atoms with Crippen molar-refractivity contribution in [1.82, 2.24) is 14.8 Å². The van der Waals surface area contributed by atoms with Crippen molar-refractivity contribution >= 4 is 5.82 Å². The maximum absolute atomic E-state index is 5.88. The average molecular weight is 429 g/mol. The second-order valence-electron chi connectivity index (χ2n) is 9.45. The number of nitrogens with two attached hydrogens (primary N) is 1. The minimum absolute atomic E-state index is 0.469. The number of aromatic nitrogens is 1. The molecule has 0 spiro atoms. The van der Waals surface area contributed by atoms with Crippen LogP contribution in [0.3, 0.4) is 0 Å². The van der Waals surface area contributed by atoms with Gasteiger partial charge in [-0.05, 0) is 35.6 Å². The highest BCUT2D eigenvalue weighted by Gasteiger charge is 2.22. The lowest BCUT2D eigenvalue weighted by Crippen LogP contribution is -2.48. The van der Waals surface area contributed by atoms with Crippen molar-refractivity contribution in [3.05, 3.63) is 83.9 Å². The van der Waals surface area contributed by atoms with Crippen molar-refractivity contribution in [2.24, 2.45) is 5.92 Å². The number of nitrogen functional groups attached to an aromatic ring is 1. The van der Waals surface area contributed by atoms with Crippen LogP contribution in [-0.4, -0.2) is 54.1 Å². The summed E-state index contributed by atoms with van der Waals surface area (Å²) in [5, 5.41) is 0. The number of hydrogen-bond donors (Lipinski definition) is 1. The van der Waals surface area contributed by atoms with Crippen LogP contribution in [-0.2, 0) is 6.42 Å². The zero-order chi connectivity index (χ0) is 22.3. The third-order valence-electron chi connectivity index (χ3n) is 6.34. The summed E-state index contributed by atoms with van der Waals surface area (Å²) in [5.41, 5.74) is 10.7. The van der Waals surface area contributed by atoms with Crippen LogP contribution in [0.25, 0.3) is 11.3 Å². The fourth-order valence-corrected chi connectivity index (χ4v) is 4.71. The first-order valence-electron chi connectivity index (χ1n) is 11.9. The van der Waals surface area contributed by atoms with E-state index in [0.717, 1.165) is 43.2 Å². The molecule has 0 aliphatic carbocycles. The van der Waals surface area contributed by atoms with Crippen LogP contribution >= 0.6 is 0 Å². The van der Waals surface area contributed by atoms with Gasteiger partial charge in [-0.2, -0.15) is 0 Å². The molecule has 1 saturated heterocycles. The van der Waals surface area contributed by atoms with Gasteiger partial charge in [0.1, 0.15) is 5.82 Å². The van der Waals surface area contributed by atoms with Crippen LogP contribution in [0.2, 0.25) is 0 Å². The zero-order valence-corrected chi connectivity index (χ0v) is 19.5. The highest BCUT2D eigenvalue weighted by Crippen LogP contribution is 2.26. The number of nitrogens with zero attached hydrogens (tertiary/aromatic N) is 3. The first-order chi connectivity index (χ1) is 15.6. The predicted molar refractivity (Wildman–Crippen MR) is 135 cm³/mol. The summed E-state index contributed by atoms with van der Waals surface area (Å²) in [7, 11) is 0. The molecule has 32 heavy (non-hydrogen) atoms. The Morgan fingerprint density at radius 1 is 0.781 bits per heavy atom. The molecule has 0 radical (unpaired) electrons. The van der Waals surface area contributed by atoms with Crippen LogP contribution in [0.1, 0.15) is 30.9 Å². The van der Waals surface area contributed by atoms with Gasteiger partial charge in [-0.25, -0.2) is 4.98 Å². The number of pyridine rings is 1. The molecule has 1 aromatic heterocycles. The van der Waals surface area contributed by atoms with Crippen molar-refractivity contribution in [3.8, 4) is 11.3 Å². The van der Waals surface area contributed by atoms with Crippen LogP contribution in [0, 0.1) is 5.92 Å². The van der Waals surface area contributed by atoms with Crippen molar-refractivity contribution in [3.63, 3.8) is 0 Å². The first-order valence-corrected chi connectivity index (χ1v) is 11.9. The Morgan fingerprint density at radius 3 is 2.06 bits per heavy atom. The van der Waals surface area contributed by atoms with Gasteiger partial charge in [-0.1, -0.05) is 74.5 Å². The largest absolute Gasteiger partial charge is 0.384 e. The Hall–Kier alpha value is -2.69. The molecule has 1 aliphatic rings. The van der Waals surface area contributed by atoms with Gasteiger partial charge in [0.05, 0.1) is 5.69 Å². The van der Waals surface area contributed by atoms with Gasteiger partial charge in [0.2, 0.25) is 0 Å². The van der Waals surface area contributed by atoms with E-state index < -0.39 is 0 Å². The minimum Gasteiger partial charge on any atom is -0.384 e. The van der Waals surface area contributed by atoms with E-state index in [1.807, 2.05) is 18.2 Å². The molecule has 0 amide bonds. The van der Waals surface area contributed by atoms with E-state index >= 15 is 0 Å². The van der Waals surface area contributed by atoms with Gasteiger partial charge in [-0.15, -0.1) is 0 Å². The van der Waals surface area contributed by atoms with Crippen molar-refractivity contribution in [2.75, 3.05) is 45.0 Å². The molecule has 4 heteroatoms. The van der Waals surface area contributed by atoms with Crippen LogP contribution in [0.4, 0.5) is 5.82 Å². The normalized spacial score (nSPS) is 16.3. The first kappa shape index (κ1) is 22.5. The Balaban J connectivity index is 1.48. The summed E-state index contributed by atoms with van der Waals surface area (Å²) in [6.07, 6.45) is 1.06. The summed E-state index contributed by atoms with van der Waals surface area (Å²) in [4.78, 5) is 9.73. The Morgan fingerprint density at radius 2 is 1.44 bits per heavy atom. The molecule has 168 valence electrons. The van der Waals surface area contributed by atoms with Gasteiger partial charge >= 0.3 is 0 Å². The highest BCUT2D eigenvalue weighted by atomic mass is 15.3. The lowest BCUT2D eigenvalue weighted by Gasteiger charge is -2.37. The van der Waals surface area contributed by atoms with Gasteiger partial charge in [0.15, 0.2) is 0 Å². The summed E-state index contributed by atoms with van der Waals surface area (Å²) >= 11 is 0. The van der Waals surface area contributed by atoms with E-state index in [-0.39, 0.29) is 0 Å². The van der Waals surface area contributed by atoms with Gasteiger partial charge < -0.3 is 15.5 Å². The van der Waals surface area contributed by atoms with Gasteiger partial charge in [0.25, 0.3) is 0 Å². The SMILES string of the molecule is CC(C)CN1CCN(CC(Cc2ccccc2)c2ccc(-c3cccc(N)n3)cc2)CC1. The van der Waals surface area contributed by atoms with E-state index in [1.54, 1.807) is 0 Å². The molecule has 4 nitrogen and oxygen atoms in total. The van der Waals surface area contributed by atoms with Crippen LogP contribution < -0.4 is 5.73 Å². The molecular formula is C28H36N4. The third kappa shape index (κ3) is 6.18. The molecule has 1 unspecified atom stereocenters. The maximum Gasteiger partial charge on any atom is 0.124 e. The van der Waals surface area contributed by atoms with E-state index in [1.165, 1.54) is 30.8 Å². The highest BCUT2D eigenvalue weighted by molar-refractivity contribution is 5.61. The Kier molecular flexibility index (Phi) is 7.56. The summed E-state index contributed by atoms with van der Waals surface area (Å²) in [5.74, 6) is 1.77. The number of anilines is 1. The summed E-state index contributed by atoms with van der Waals surface area (Å²) in [6.45, 7) is 11.6. The van der Waals surface area contributed by atoms with Gasteiger partial charge in [0, 0.05) is 50.7 Å². The maximum atomic E-state index is 5.88. The number of piperazine rings is 1. The van der Waals surface area contributed by atoms with Crippen molar-refractivity contribution < 1.29 is 0 Å². The lowest BCUT2D eigenvalue weighted by atomic mass is 9.90. The van der Waals surface area contributed by atoms with Crippen LogP contribution in [0.5, 0.6) is 0 Å². The van der Waals surface area contributed by atoms with E-state index in [2.05, 4.69) is 83.2 Å². The van der Waals surface area contributed by atoms with Crippen LogP contribution in [0.15, 0.2) is 72.8 Å². The number of rotatable bonds is 8. The molecule has 2 N–H and O–H groups in total. The molecule has 2 aromatic carbocycles. The summed E-state index contributed by atoms with van der Waals surface area (Å²) in [6, 6.07) is 25.6. The fourth-order valence-electron chi connectivity index (χ4n) is 4.71. The number of benzene rings is 2. The monoisotopic (exact) mass is 428 g/mol. The molecule has 2 heterocycles.